The molecular formula is C26H21N5O8S. The number of methoxy groups -OCH3 is 1. The van der Waals surface area contributed by atoms with Gasteiger partial charge in [0.25, 0.3) is 5.91 Å². The lowest BCUT2D eigenvalue weighted by molar-refractivity contribution is -0.134. The van der Waals surface area contributed by atoms with Crippen LogP contribution in [0.2, 0.25) is 0 Å². The van der Waals surface area contributed by atoms with Crippen molar-refractivity contribution in [1.29, 1.82) is 0 Å². The number of rotatable bonds is 7. The summed E-state index contributed by atoms with van der Waals surface area (Å²) in [5, 5.41) is 6.84. The molecule has 0 saturated carbocycles. The lowest BCUT2D eigenvalue weighted by Gasteiger charge is -2.24. The minimum Gasteiger partial charge on any atom is -0.486 e. The summed E-state index contributed by atoms with van der Waals surface area (Å²) in [4.78, 5) is 61.4. The zero-order valence-electron chi connectivity index (χ0n) is 20.9. The summed E-state index contributed by atoms with van der Waals surface area (Å²) < 4.78 is 21.1. The second-order valence-electron chi connectivity index (χ2n) is 8.89. The van der Waals surface area contributed by atoms with Crippen molar-refractivity contribution in [2.45, 2.75) is 18.5 Å². The number of urea groups is 1. The molecule has 0 aliphatic carbocycles. The molecule has 0 bridgehead atoms. The van der Waals surface area contributed by atoms with Crippen LogP contribution in [0, 0.1) is 0 Å². The highest BCUT2D eigenvalue weighted by atomic mass is 32.1. The van der Waals surface area contributed by atoms with Gasteiger partial charge in [-0.05, 0) is 35.4 Å². The molecule has 4 amide bonds. The number of carbonyl (C=O) groups is 4. The molecule has 2 aromatic carbocycles. The molecule has 2 atom stereocenters. The fourth-order valence-corrected chi connectivity index (χ4v) is 5.21. The van der Waals surface area contributed by atoms with Crippen LogP contribution in [0.4, 0.5) is 9.93 Å². The third-order valence-corrected chi connectivity index (χ3v) is 7.20. The molecule has 0 spiro atoms. The van der Waals surface area contributed by atoms with E-state index in [9.17, 15) is 19.2 Å². The zero-order chi connectivity index (χ0) is 27.8. The largest absolute Gasteiger partial charge is 0.486 e. The van der Waals surface area contributed by atoms with E-state index in [1.54, 1.807) is 36.4 Å². The van der Waals surface area contributed by atoms with E-state index in [1.807, 2.05) is 0 Å². The maximum atomic E-state index is 13.7. The zero-order valence-corrected chi connectivity index (χ0v) is 21.7. The van der Waals surface area contributed by atoms with E-state index < -0.39 is 35.9 Å². The molecule has 4 heterocycles. The van der Waals surface area contributed by atoms with Crippen molar-refractivity contribution in [3.8, 4) is 11.5 Å². The molecule has 204 valence electrons. The number of hydrogen-bond donors (Lipinski definition) is 2. The Morgan fingerprint density at radius 1 is 1.18 bits per heavy atom. The molecule has 2 aliphatic heterocycles. The van der Waals surface area contributed by atoms with Gasteiger partial charge in [-0.25, -0.2) is 24.5 Å². The van der Waals surface area contributed by atoms with Gasteiger partial charge < -0.3 is 29.3 Å². The molecule has 0 radical (unpaired) electrons. The van der Waals surface area contributed by atoms with Gasteiger partial charge >= 0.3 is 12.0 Å². The molecule has 14 heteroatoms. The van der Waals surface area contributed by atoms with Gasteiger partial charge in [0.15, 0.2) is 34.3 Å². The van der Waals surface area contributed by atoms with E-state index in [-0.39, 0.29) is 17.2 Å². The minimum atomic E-state index is -1.26. The van der Waals surface area contributed by atoms with E-state index in [0.717, 1.165) is 16.2 Å². The van der Waals surface area contributed by atoms with Crippen LogP contribution in [0.25, 0.3) is 11.1 Å². The van der Waals surface area contributed by atoms with Gasteiger partial charge in [-0.3, -0.25) is 9.59 Å². The number of oxazole rings is 1. The number of imide groups is 1. The van der Waals surface area contributed by atoms with Crippen molar-refractivity contribution in [1.82, 2.24) is 20.2 Å². The van der Waals surface area contributed by atoms with Crippen molar-refractivity contribution in [2.24, 2.45) is 0 Å². The Labute approximate surface area is 230 Å². The SMILES string of the molecule is COC(=O)c1csc(NC(=O)[C@H](Cc2ccc3ocnc3c2)N2C(=O)NC(c3ccc4c(c3)OCCO4)C2=O)n1. The van der Waals surface area contributed by atoms with Crippen LogP contribution in [-0.4, -0.2) is 65.0 Å². The summed E-state index contributed by atoms with van der Waals surface area (Å²) in [5.41, 5.74) is 2.25. The number of anilines is 1. The molecule has 1 fully saturated rings. The summed E-state index contributed by atoms with van der Waals surface area (Å²) >= 11 is 1.01. The highest BCUT2D eigenvalue weighted by molar-refractivity contribution is 7.14. The molecule has 2 aromatic heterocycles. The highest BCUT2D eigenvalue weighted by Gasteiger charge is 2.45. The molecule has 13 nitrogen and oxygen atoms in total. The van der Waals surface area contributed by atoms with E-state index >= 15 is 0 Å². The fraction of sp³-hybridized carbons (Fsp3) is 0.231. The molecule has 1 saturated heterocycles. The first-order valence-electron chi connectivity index (χ1n) is 12.1. The van der Waals surface area contributed by atoms with Gasteiger partial charge in [-0.15, -0.1) is 11.3 Å². The minimum absolute atomic E-state index is 0.0170. The van der Waals surface area contributed by atoms with Gasteiger partial charge in [-0.1, -0.05) is 12.1 Å². The Morgan fingerprint density at radius 2 is 2.00 bits per heavy atom. The van der Waals surface area contributed by atoms with Gasteiger partial charge in [0.1, 0.15) is 30.8 Å². The monoisotopic (exact) mass is 563 g/mol. The first-order valence-corrected chi connectivity index (χ1v) is 13.0. The quantitative estimate of drug-likeness (QED) is 0.253. The van der Waals surface area contributed by atoms with Crippen molar-refractivity contribution >= 4 is 51.4 Å². The summed E-state index contributed by atoms with van der Waals surface area (Å²) in [7, 11) is 1.22. The van der Waals surface area contributed by atoms with Crippen LogP contribution < -0.4 is 20.1 Å². The van der Waals surface area contributed by atoms with Crippen LogP contribution in [0.3, 0.4) is 0 Å². The van der Waals surface area contributed by atoms with E-state index in [1.165, 1.54) is 18.9 Å². The highest BCUT2D eigenvalue weighted by Crippen LogP contribution is 2.35. The number of fused-ring (bicyclic) bond motifs is 2. The van der Waals surface area contributed by atoms with Crippen LogP contribution in [0.1, 0.15) is 27.7 Å². The smallest absolute Gasteiger partial charge is 0.357 e. The summed E-state index contributed by atoms with van der Waals surface area (Å²) in [5.74, 6) is -0.940. The number of nitrogens with one attached hydrogen (secondary N) is 2. The fourth-order valence-electron chi connectivity index (χ4n) is 4.53. The number of benzene rings is 2. The summed E-state index contributed by atoms with van der Waals surface area (Å²) in [6.45, 7) is 0.774. The second kappa shape index (κ2) is 10.3. The average Bonchev–Trinajstić information content (AvgIpc) is 3.70. The summed E-state index contributed by atoms with van der Waals surface area (Å²) in [6, 6.07) is 7.08. The predicted octanol–water partition coefficient (Wildman–Crippen LogP) is 2.69. The van der Waals surface area contributed by atoms with Gasteiger partial charge in [0.2, 0.25) is 5.91 Å². The van der Waals surface area contributed by atoms with Gasteiger partial charge in [0.05, 0.1) is 7.11 Å². The second-order valence-corrected chi connectivity index (χ2v) is 9.75. The molecule has 2 N–H and O–H groups in total. The Balaban J connectivity index is 1.30. The first-order chi connectivity index (χ1) is 19.4. The Kier molecular flexibility index (Phi) is 6.51. The maximum absolute atomic E-state index is 13.7. The van der Waals surface area contributed by atoms with Crippen molar-refractivity contribution < 1.29 is 37.8 Å². The van der Waals surface area contributed by atoms with E-state index in [2.05, 4.69) is 25.3 Å². The standard InChI is InChI=1S/C26H21N5O8S/c1-36-24(34)16-11-40-25(28-16)30-22(32)17(9-13-2-4-18-15(8-13)27-12-39-18)31-23(33)21(29-26(31)35)14-3-5-19-20(10-14)38-7-6-37-19/h2-5,8,10-12,17,21H,6-7,9H2,1H3,(H,29,35)(H,28,30,32)/t17-,21?/m0/s1. The van der Waals surface area contributed by atoms with Gasteiger partial charge in [0, 0.05) is 11.8 Å². The topological polar surface area (TPSA) is 162 Å². The lowest BCUT2D eigenvalue weighted by atomic mass is 10.0. The Morgan fingerprint density at radius 3 is 2.83 bits per heavy atom. The molecular weight excluding hydrogens is 542 g/mol. The number of ether oxygens (including phenoxy) is 3. The number of carbonyl (C=O) groups excluding carboxylic acids is 4. The predicted molar refractivity (Wildman–Crippen MR) is 139 cm³/mol. The average molecular weight is 564 g/mol. The van der Waals surface area contributed by atoms with Crippen LogP contribution >= 0.6 is 11.3 Å². The number of aromatic nitrogens is 2. The molecule has 1 unspecified atom stereocenters. The number of amides is 4. The first kappa shape index (κ1) is 25.3. The lowest BCUT2D eigenvalue weighted by Crippen LogP contribution is -2.49. The maximum Gasteiger partial charge on any atom is 0.357 e. The number of esters is 1. The number of thiazole rings is 1. The number of nitrogens with zero attached hydrogens (tertiary/aromatic N) is 3. The third-order valence-electron chi connectivity index (χ3n) is 6.44. The Hall–Kier alpha value is -4.98. The van der Waals surface area contributed by atoms with Crippen LogP contribution in [0.5, 0.6) is 11.5 Å². The van der Waals surface area contributed by atoms with Crippen molar-refractivity contribution in [3.63, 3.8) is 0 Å². The number of hydrogen-bond acceptors (Lipinski definition) is 11. The van der Waals surface area contributed by atoms with Crippen molar-refractivity contribution in [2.75, 3.05) is 25.6 Å². The van der Waals surface area contributed by atoms with Crippen molar-refractivity contribution in [3.05, 3.63) is 65.0 Å². The molecule has 4 aromatic rings. The normalized spacial score (nSPS) is 17.0. The van der Waals surface area contributed by atoms with Gasteiger partial charge in [-0.2, -0.15) is 0 Å². The third kappa shape index (κ3) is 4.68. The van der Waals surface area contributed by atoms with E-state index in [4.69, 9.17) is 13.9 Å². The van der Waals surface area contributed by atoms with E-state index in [0.29, 0.717) is 46.9 Å². The Bertz CT molecular complexity index is 1650. The molecule has 40 heavy (non-hydrogen) atoms. The van der Waals surface area contributed by atoms with Crippen LogP contribution in [0.15, 0.2) is 52.6 Å². The summed E-state index contributed by atoms with van der Waals surface area (Å²) in [6.07, 6.45) is 1.28. The molecule has 6 rings (SSSR count). The molecule has 2 aliphatic rings. The van der Waals surface area contributed by atoms with Crippen LogP contribution in [-0.2, 0) is 20.7 Å².